The number of hydrogen-bond acceptors (Lipinski definition) is 0. The van der Waals surface area contributed by atoms with Gasteiger partial charge in [-0.15, -0.1) is 0 Å². The van der Waals surface area contributed by atoms with Gasteiger partial charge in [0.1, 0.15) is 0 Å². The molecule has 0 heterocycles. The average Bonchev–Trinajstić information content (AvgIpc) is 3.00. The summed E-state index contributed by atoms with van der Waals surface area (Å²) in [5.74, 6) is 0. The van der Waals surface area contributed by atoms with Gasteiger partial charge in [0.15, 0.2) is 0 Å². The average molecular weight is 523 g/mol. The Morgan fingerprint density at radius 2 is 0.976 bits per heavy atom. The summed E-state index contributed by atoms with van der Waals surface area (Å²) in [6, 6.07) is 47.6. The standard InChI is InChI=1S/C41H30/c1-25-16-18-37-39(20-25)41(36-13-8-7-12-35(36)40(37)28-10-5-4-6-11-28)34-15-9-14-32-33(34)19-17-29-23-30-21-26(2)27(3)22-31(30)24-38(29)32/h4-24H,1-3H3. The number of aryl methyl sites for hydroxylation is 3. The lowest BCUT2D eigenvalue weighted by atomic mass is 9.84. The molecule has 0 saturated heterocycles. The Balaban J connectivity index is 1.51. The van der Waals surface area contributed by atoms with Gasteiger partial charge < -0.3 is 0 Å². The molecule has 0 aliphatic heterocycles. The minimum Gasteiger partial charge on any atom is -0.0622 e. The van der Waals surface area contributed by atoms with E-state index in [4.69, 9.17) is 0 Å². The van der Waals surface area contributed by atoms with Crippen molar-refractivity contribution >= 4 is 53.9 Å². The Labute approximate surface area is 240 Å². The highest BCUT2D eigenvalue weighted by Crippen LogP contribution is 2.46. The molecule has 0 amide bonds. The van der Waals surface area contributed by atoms with Gasteiger partial charge in [-0.3, -0.25) is 0 Å². The van der Waals surface area contributed by atoms with E-state index in [1.165, 1.54) is 92.8 Å². The second-order valence-electron chi connectivity index (χ2n) is 11.5. The Morgan fingerprint density at radius 3 is 1.76 bits per heavy atom. The van der Waals surface area contributed by atoms with Crippen LogP contribution in [-0.4, -0.2) is 0 Å². The van der Waals surface area contributed by atoms with Crippen LogP contribution in [0.5, 0.6) is 0 Å². The van der Waals surface area contributed by atoms with Crippen molar-refractivity contribution in [1.82, 2.24) is 0 Å². The number of rotatable bonds is 2. The Bertz CT molecular complexity index is 2320. The summed E-state index contributed by atoms with van der Waals surface area (Å²) in [7, 11) is 0. The zero-order valence-corrected chi connectivity index (χ0v) is 23.6. The Hall–Kier alpha value is -4.94. The molecule has 8 aromatic rings. The number of fused-ring (bicyclic) bond motifs is 6. The van der Waals surface area contributed by atoms with Crippen molar-refractivity contribution in [3.05, 3.63) is 144 Å². The maximum Gasteiger partial charge on any atom is -0.00200 e. The van der Waals surface area contributed by atoms with Gasteiger partial charge >= 0.3 is 0 Å². The van der Waals surface area contributed by atoms with Gasteiger partial charge in [0.25, 0.3) is 0 Å². The van der Waals surface area contributed by atoms with Crippen molar-refractivity contribution in [2.24, 2.45) is 0 Å². The van der Waals surface area contributed by atoms with Crippen LogP contribution in [0.3, 0.4) is 0 Å². The summed E-state index contributed by atoms with van der Waals surface area (Å²) in [6.07, 6.45) is 0. The van der Waals surface area contributed by atoms with Crippen molar-refractivity contribution in [1.29, 1.82) is 0 Å². The van der Waals surface area contributed by atoms with Gasteiger partial charge in [-0.2, -0.15) is 0 Å². The van der Waals surface area contributed by atoms with Crippen LogP contribution >= 0.6 is 0 Å². The molecule has 8 rings (SSSR count). The lowest BCUT2D eigenvalue weighted by Gasteiger charge is -2.19. The van der Waals surface area contributed by atoms with Crippen LogP contribution in [-0.2, 0) is 0 Å². The molecule has 0 saturated carbocycles. The van der Waals surface area contributed by atoms with Crippen LogP contribution in [0.25, 0.3) is 76.1 Å². The monoisotopic (exact) mass is 522 g/mol. The van der Waals surface area contributed by atoms with Gasteiger partial charge in [-0.1, -0.05) is 121 Å². The highest BCUT2D eigenvalue weighted by Gasteiger charge is 2.18. The van der Waals surface area contributed by atoms with Crippen LogP contribution in [0.15, 0.2) is 127 Å². The Morgan fingerprint density at radius 1 is 0.341 bits per heavy atom. The molecular weight excluding hydrogens is 492 g/mol. The first-order valence-corrected chi connectivity index (χ1v) is 14.4. The highest BCUT2D eigenvalue weighted by atomic mass is 14.2. The second-order valence-corrected chi connectivity index (χ2v) is 11.5. The molecular formula is C41H30. The summed E-state index contributed by atoms with van der Waals surface area (Å²) >= 11 is 0. The summed E-state index contributed by atoms with van der Waals surface area (Å²) in [6.45, 7) is 6.61. The maximum atomic E-state index is 2.39. The zero-order valence-electron chi connectivity index (χ0n) is 23.6. The van der Waals surface area contributed by atoms with Crippen LogP contribution < -0.4 is 0 Å². The molecule has 0 fully saturated rings. The first kappa shape index (κ1) is 23.9. The van der Waals surface area contributed by atoms with Crippen molar-refractivity contribution in [2.75, 3.05) is 0 Å². The second kappa shape index (κ2) is 9.04. The smallest absolute Gasteiger partial charge is 0.00200 e. The Kier molecular flexibility index (Phi) is 5.27. The minimum atomic E-state index is 1.26. The van der Waals surface area contributed by atoms with Crippen molar-refractivity contribution in [3.63, 3.8) is 0 Å². The van der Waals surface area contributed by atoms with Crippen LogP contribution in [0.2, 0.25) is 0 Å². The predicted molar refractivity (Wildman–Crippen MR) is 179 cm³/mol. The fourth-order valence-corrected chi connectivity index (χ4v) is 6.84. The largest absolute Gasteiger partial charge is 0.0622 e. The maximum absolute atomic E-state index is 2.39. The van der Waals surface area contributed by atoms with E-state index in [-0.39, 0.29) is 0 Å². The van der Waals surface area contributed by atoms with Gasteiger partial charge in [-0.05, 0) is 120 Å². The molecule has 0 atom stereocenters. The molecule has 0 bridgehead atoms. The van der Waals surface area contributed by atoms with E-state index in [2.05, 4.69) is 148 Å². The molecule has 41 heavy (non-hydrogen) atoms. The molecule has 194 valence electrons. The van der Waals surface area contributed by atoms with E-state index >= 15 is 0 Å². The first-order chi connectivity index (χ1) is 20.1. The van der Waals surface area contributed by atoms with E-state index in [9.17, 15) is 0 Å². The molecule has 0 aliphatic rings. The minimum absolute atomic E-state index is 1.26. The lowest BCUT2D eigenvalue weighted by Crippen LogP contribution is -1.92. The number of hydrogen-bond donors (Lipinski definition) is 0. The fourth-order valence-electron chi connectivity index (χ4n) is 6.84. The molecule has 0 heteroatoms. The zero-order chi connectivity index (χ0) is 27.7. The van der Waals surface area contributed by atoms with Crippen molar-refractivity contribution < 1.29 is 0 Å². The van der Waals surface area contributed by atoms with E-state index in [1.54, 1.807) is 0 Å². The summed E-state index contributed by atoms with van der Waals surface area (Å²) in [5, 5.41) is 13.0. The highest BCUT2D eigenvalue weighted by molar-refractivity contribution is 6.25. The van der Waals surface area contributed by atoms with E-state index in [0.29, 0.717) is 0 Å². The summed E-state index contributed by atoms with van der Waals surface area (Å²) in [4.78, 5) is 0. The first-order valence-electron chi connectivity index (χ1n) is 14.4. The van der Waals surface area contributed by atoms with Crippen LogP contribution in [0.4, 0.5) is 0 Å². The lowest BCUT2D eigenvalue weighted by molar-refractivity contribution is 1.37. The number of benzene rings is 8. The van der Waals surface area contributed by atoms with Gasteiger partial charge in [0.05, 0.1) is 0 Å². The van der Waals surface area contributed by atoms with Crippen molar-refractivity contribution in [3.8, 4) is 22.3 Å². The van der Waals surface area contributed by atoms with E-state index < -0.39 is 0 Å². The van der Waals surface area contributed by atoms with E-state index in [1.807, 2.05) is 0 Å². The molecule has 8 aromatic carbocycles. The third-order valence-corrected chi connectivity index (χ3v) is 8.96. The van der Waals surface area contributed by atoms with Gasteiger partial charge in [-0.25, -0.2) is 0 Å². The SMILES string of the molecule is Cc1ccc2c(-c3ccccc3)c3ccccc3c(-c3cccc4c3ccc3cc5cc(C)c(C)cc5cc34)c2c1. The molecule has 0 N–H and O–H groups in total. The van der Waals surface area contributed by atoms with Crippen molar-refractivity contribution in [2.45, 2.75) is 20.8 Å². The third-order valence-electron chi connectivity index (χ3n) is 8.96. The van der Waals surface area contributed by atoms with E-state index in [0.717, 1.165) is 0 Å². The molecule has 0 spiro atoms. The van der Waals surface area contributed by atoms with Gasteiger partial charge in [0, 0.05) is 0 Å². The summed E-state index contributed by atoms with van der Waals surface area (Å²) < 4.78 is 0. The van der Waals surface area contributed by atoms with Crippen LogP contribution in [0.1, 0.15) is 16.7 Å². The van der Waals surface area contributed by atoms with Crippen LogP contribution in [0, 0.1) is 20.8 Å². The van der Waals surface area contributed by atoms with Gasteiger partial charge in [0.2, 0.25) is 0 Å². The predicted octanol–water partition coefficient (Wildman–Crippen LogP) is 11.7. The summed E-state index contributed by atoms with van der Waals surface area (Å²) in [5.41, 5.74) is 9.12. The normalized spacial score (nSPS) is 11.8. The fraction of sp³-hybridized carbons (Fsp3) is 0.0732. The molecule has 0 nitrogen and oxygen atoms in total. The molecule has 0 aliphatic carbocycles. The quantitative estimate of drug-likeness (QED) is 0.156. The topological polar surface area (TPSA) is 0 Å². The molecule has 0 radical (unpaired) electrons. The third kappa shape index (κ3) is 3.68. The molecule has 0 aromatic heterocycles. The molecule has 0 unspecified atom stereocenters.